The summed E-state index contributed by atoms with van der Waals surface area (Å²) in [5.74, 6) is -0.125. The van der Waals surface area contributed by atoms with Gasteiger partial charge in [-0.1, -0.05) is 6.92 Å². The third kappa shape index (κ3) is 3.61. The summed E-state index contributed by atoms with van der Waals surface area (Å²) in [6, 6.07) is 2.10. The Hall–Kier alpha value is -1.01. The van der Waals surface area contributed by atoms with E-state index in [1.807, 2.05) is 30.4 Å². The molecule has 21 heavy (non-hydrogen) atoms. The topological polar surface area (TPSA) is 56.1 Å². The molecule has 2 rings (SSSR count). The van der Waals surface area contributed by atoms with Crippen molar-refractivity contribution in [1.82, 2.24) is 15.1 Å². The number of rotatable bonds is 6. The summed E-state index contributed by atoms with van der Waals surface area (Å²) in [5, 5.41) is 9.38. The number of esters is 1. The molecule has 0 aromatic carbocycles. The van der Waals surface area contributed by atoms with Gasteiger partial charge in [0.1, 0.15) is 5.54 Å². The van der Waals surface area contributed by atoms with Gasteiger partial charge in [0.2, 0.25) is 0 Å². The molecular formula is C15H25N3O2S. The molecular weight excluding hydrogens is 286 g/mol. The molecule has 0 radical (unpaired) electrons. The second-order valence-corrected chi connectivity index (χ2v) is 7.05. The van der Waals surface area contributed by atoms with Crippen molar-refractivity contribution in [1.29, 1.82) is 0 Å². The number of aromatic nitrogens is 2. The molecule has 1 aromatic heterocycles. The highest BCUT2D eigenvalue weighted by molar-refractivity contribution is 7.99. The molecule has 0 spiro atoms. The third-order valence-corrected chi connectivity index (χ3v) is 5.36. The largest absolute Gasteiger partial charge is 0.468 e. The fraction of sp³-hybridized carbons (Fsp3) is 0.733. The van der Waals surface area contributed by atoms with Crippen molar-refractivity contribution in [2.75, 3.05) is 13.7 Å². The average Bonchev–Trinajstić information content (AvgIpc) is 3.01. The number of carbonyl (C=O) groups excluding carboxylic acids is 1. The molecule has 2 unspecified atom stereocenters. The molecule has 1 aliphatic rings. The molecule has 118 valence electrons. The zero-order valence-electron chi connectivity index (χ0n) is 13.3. The summed E-state index contributed by atoms with van der Waals surface area (Å²) in [6.45, 7) is 4.95. The summed E-state index contributed by atoms with van der Waals surface area (Å²) in [7, 11) is 3.44. The van der Waals surface area contributed by atoms with E-state index in [9.17, 15) is 4.79 Å². The Morgan fingerprint density at radius 1 is 1.67 bits per heavy atom. The Bertz CT molecular complexity index is 503. The molecule has 1 fully saturated rings. The Morgan fingerprint density at radius 2 is 2.43 bits per heavy atom. The number of thioether (sulfide) groups is 1. The SMILES string of the molecule is CCCNC1(C(=O)OC)CCC(Sc2cc(C)nn2C)C1. The molecule has 0 saturated heterocycles. The molecule has 1 saturated carbocycles. The number of methoxy groups -OCH3 is 1. The fourth-order valence-electron chi connectivity index (χ4n) is 2.95. The molecule has 1 aliphatic carbocycles. The predicted molar refractivity (Wildman–Crippen MR) is 84.5 cm³/mol. The minimum atomic E-state index is -0.504. The monoisotopic (exact) mass is 311 g/mol. The molecule has 5 nitrogen and oxygen atoms in total. The van der Waals surface area contributed by atoms with Crippen molar-refractivity contribution < 1.29 is 9.53 Å². The lowest BCUT2D eigenvalue weighted by atomic mass is 9.97. The molecule has 1 aromatic rings. The van der Waals surface area contributed by atoms with Crippen LogP contribution < -0.4 is 5.32 Å². The molecule has 1 N–H and O–H groups in total. The van der Waals surface area contributed by atoms with Crippen LogP contribution in [-0.2, 0) is 16.6 Å². The lowest BCUT2D eigenvalue weighted by Crippen LogP contribution is -2.51. The van der Waals surface area contributed by atoms with Gasteiger partial charge >= 0.3 is 5.97 Å². The van der Waals surface area contributed by atoms with Crippen molar-refractivity contribution in [3.63, 3.8) is 0 Å². The van der Waals surface area contributed by atoms with Gasteiger partial charge in [-0.25, -0.2) is 0 Å². The van der Waals surface area contributed by atoms with E-state index in [4.69, 9.17) is 4.74 Å². The van der Waals surface area contributed by atoms with Crippen LogP contribution in [0, 0.1) is 6.92 Å². The Morgan fingerprint density at radius 3 is 3.00 bits per heavy atom. The predicted octanol–water partition coefficient (Wildman–Crippen LogP) is 2.28. The summed E-state index contributed by atoms with van der Waals surface area (Å²) in [6.07, 6.45) is 3.68. The van der Waals surface area contributed by atoms with Gasteiger partial charge in [0.25, 0.3) is 0 Å². The maximum absolute atomic E-state index is 12.2. The summed E-state index contributed by atoms with van der Waals surface area (Å²) >= 11 is 1.81. The van der Waals surface area contributed by atoms with E-state index < -0.39 is 5.54 Å². The fourth-order valence-corrected chi connectivity index (χ4v) is 4.32. The van der Waals surface area contributed by atoms with Crippen molar-refractivity contribution in [3.05, 3.63) is 11.8 Å². The highest BCUT2D eigenvalue weighted by atomic mass is 32.2. The number of aryl methyl sites for hydroxylation is 2. The van der Waals surface area contributed by atoms with Crippen LogP contribution in [0.4, 0.5) is 0 Å². The van der Waals surface area contributed by atoms with Gasteiger partial charge in [-0.2, -0.15) is 5.10 Å². The van der Waals surface area contributed by atoms with Crippen molar-refractivity contribution in [2.24, 2.45) is 7.05 Å². The highest BCUT2D eigenvalue weighted by Gasteiger charge is 2.46. The van der Waals surface area contributed by atoms with Crippen LogP contribution in [0.5, 0.6) is 0 Å². The van der Waals surface area contributed by atoms with Crippen LogP contribution in [-0.4, -0.2) is 40.2 Å². The highest BCUT2D eigenvalue weighted by Crippen LogP contribution is 2.40. The van der Waals surface area contributed by atoms with Crippen LogP contribution in [0.15, 0.2) is 11.1 Å². The molecule has 2 atom stereocenters. The standard InChI is InChI=1S/C15H25N3O2S/c1-5-8-16-15(14(19)20-4)7-6-12(10-15)21-13-9-11(2)17-18(13)3/h9,12,16H,5-8,10H2,1-4H3. The maximum Gasteiger partial charge on any atom is 0.326 e. The number of carbonyl (C=O) groups is 1. The zero-order chi connectivity index (χ0) is 15.5. The van der Waals surface area contributed by atoms with E-state index >= 15 is 0 Å². The van der Waals surface area contributed by atoms with Crippen LogP contribution in [0.1, 0.15) is 38.3 Å². The summed E-state index contributed by atoms with van der Waals surface area (Å²) in [5.41, 5.74) is 0.525. The van der Waals surface area contributed by atoms with E-state index in [-0.39, 0.29) is 5.97 Å². The second kappa shape index (κ2) is 6.83. The second-order valence-electron chi connectivity index (χ2n) is 5.73. The van der Waals surface area contributed by atoms with E-state index in [1.54, 1.807) is 0 Å². The van der Waals surface area contributed by atoms with Gasteiger partial charge in [0.05, 0.1) is 17.8 Å². The van der Waals surface area contributed by atoms with Crippen LogP contribution in [0.3, 0.4) is 0 Å². The Balaban J connectivity index is 2.05. The normalized spacial score (nSPS) is 25.2. The van der Waals surface area contributed by atoms with E-state index in [2.05, 4.69) is 23.4 Å². The summed E-state index contributed by atoms with van der Waals surface area (Å²) < 4.78 is 6.95. The van der Waals surface area contributed by atoms with E-state index in [0.717, 1.165) is 42.9 Å². The first-order chi connectivity index (χ1) is 10.0. The first-order valence-corrected chi connectivity index (χ1v) is 8.39. The number of nitrogens with one attached hydrogen (secondary N) is 1. The van der Waals surface area contributed by atoms with E-state index in [1.165, 1.54) is 7.11 Å². The van der Waals surface area contributed by atoms with E-state index in [0.29, 0.717) is 5.25 Å². The molecule has 0 bridgehead atoms. The van der Waals surface area contributed by atoms with Crippen molar-refractivity contribution in [2.45, 2.75) is 55.3 Å². The first kappa shape index (κ1) is 16.4. The Kier molecular flexibility index (Phi) is 5.32. The maximum atomic E-state index is 12.2. The van der Waals surface area contributed by atoms with Gasteiger partial charge in [0.15, 0.2) is 0 Å². The average molecular weight is 311 g/mol. The Labute approximate surface area is 130 Å². The molecule has 6 heteroatoms. The van der Waals surface area contributed by atoms with Crippen LogP contribution >= 0.6 is 11.8 Å². The summed E-state index contributed by atoms with van der Waals surface area (Å²) in [4.78, 5) is 12.2. The lowest BCUT2D eigenvalue weighted by Gasteiger charge is -2.27. The smallest absolute Gasteiger partial charge is 0.326 e. The molecule has 1 heterocycles. The van der Waals surface area contributed by atoms with Crippen molar-refractivity contribution in [3.8, 4) is 0 Å². The number of hydrogen-bond acceptors (Lipinski definition) is 5. The molecule has 0 amide bonds. The molecule has 0 aliphatic heterocycles. The van der Waals surface area contributed by atoms with Crippen LogP contribution in [0.25, 0.3) is 0 Å². The number of hydrogen-bond donors (Lipinski definition) is 1. The van der Waals surface area contributed by atoms with Gasteiger partial charge in [-0.05, 0) is 45.2 Å². The quantitative estimate of drug-likeness (QED) is 0.817. The lowest BCUT2D eigenvalue weighted by molar-refractivity contribution is -0.148. The minimum absolute atomic E-state index is 0.125. The number of nitrogens with zero attached hydrogens (tertiary/aromatic N) is 2. The van der Waals surface area contributed by atoms with Crippen molar-refractivity contribution >= 4 is 17.7 Å². The minimum Gasteiger partial charge on any atom is -0.468 e. The van der Waals surface area contributed by atoms with Gasteiger partial charge in [-0.3, -0.25) is 9.48 Å². The zero-order valence-corrected chi connectivity index (χ0v) is 14.1. The van der Waals surface area contributed by atoms with Gasteiger partial charge in [-0.15, -0.1) is 11.8 Å². The van der Waals surface area contributed by atoms with Gasteiger partial charge in [0, 0.05) is 12.3 Å². The number of ether oxygens (including phenoxy) is 1. The van der Waals surface area contributed by atoms with Gasteiger partial charge < -0.3 is 10.1 Å². The first-order valence-electron chi connectivity index (χ1n) is 7.51. The van der Waals surface area contributed by atoms with Crippen LogP contribution in [0.2, 0.25) is 0 Å². The third-order valence-electron chi connectivity index (χ3n) is 4.01.